The van der Waals surface area contributed by atoms with E-state index in [1.54, 1.807) is 89.9 Å². The Morgan fingerprint density at radius 1 is 0.462 bits per heavy atom. The number of fused-ring (bicyclic) bond motifs is 6. The molecule has 0 aromatic rings. The molecule has 0 heterocycles. The van der Waals surface area contributed by atoms with Crippen molar-refractivity contribution in [3.8, 4) is 0 Å². The quantitative estimate of drug-likeness (QED) is 0.447. The van der Waals surface area contributed by atoms with Crippen LogP contribution in [-0.2, 0) is 0 Å². The Morgan fingerprint density at radius 2 is 0.846 bits per heavy atom. The molecule has 6 rings (SSSR count). The molecule has 10 atom stereocenters. The average Bonchev–Trinajstić information content (AvgIpc) is 3.44. The van der Waals surface area contributed by atoms with E-state index in [1.165, 1.54) is 58.4 Å². The highest BCUT2D eigenvalue weighted by Gasteiger charge is 2.54. The van der Waals surface area contributed by atoms with Crippen molar-refractivity contribution in [1.82, 2.24) is 0 Å². The number of rotatable bonds is 2. The summed E-state index contributed by atoms with van der Waals surface area (Å²) in [5, 5.41) is 0. The van der Waals surface area contributed by atoms with Crippen molar-refractivity contribution in [2.45, 2.75) is 108 Å². The minimum absolute atomic E-state index is 0.172. The molecule has 6 aliphatic rings. The molecule has 1 radical (unpaired) electrons. The summed E-state index contributed by atoms with van der Waals surface area (Å²) < 4.78 is 0. The van der Waals surface area contributed by atoms with Gasteiger partial charge in [-0.2, -0.15) is 0 Å². The van der Waals surface area contributed by atoms with Crippen LogP contribution in [0.25, 0.3) is 0 Å². The van der Waals surface area contributed by atoms with Crippen molar-refractivity contribution in [2.75, 3.05) is 0 Å². The Labute approximate surface area is 163 Å². The molecule has 0 N–H and O–H groups in total. The van der Waals surface area contributed by atoms with Crippen LogP contribution in [0.15, 0.2) is 0 Å². The monoisotopic (exact) mass is 369 g/mol. The lowest BCUT2D eigenvalue weighted by Crippen LogP contribution is -2.44. The molecule has 1 heteroatoms. The zero-order valence-corrected chi connectivity index (χ0v) is 18.2. The first-order chi connectivity index (χ1) is 12.8. The molecule has 6 aliphatic carbocycles. The van der Waals surface area contributed by atoms with Gasteiger partial charge in [-0.1, -0.05) is 57.9 Å². The van der Waals surface area contributed by atoms with E-state index in [1.807, 2.05) is 0 Å². The topological polar surface area (TPSA) is 0 Å². The van der Waals surface area contributed by atoms with Crippen LogP contribution in [-0.4, -0.2) is 8.80 Å². The Balaban J connectivity index is 1.26. The standard InChI is InChI=1S/C25H41Si/c1-26(24-14-16-6-2-8-18(16)20-10-4-12-22(20)24)25-15-17-7-3-9-19(17)21-11-5-13-23(21)25/h16-25H,2-15H2,1H3. The summed E-state index contributed by atoms with van der Waals surface area (Å²) in [4.78, 5) is 0. The summed E-state index contributed by atoms with van der Waals surface area (Å²) in [5.74, 6) is 9.44. The van der Waals surface area contributed by atoms with Gasteiger partial charge in [-0.15, -0.1) is 0 Å². The van der Waals surface area contributed by atoms with Crippen molar-refractivity contribution >= 4 is 8.80 Å². The third-order valence-corrected chi connectivity index (χ3v) is 14.8. The van der Waals surface area contributed by atoms with E-state index >= 15 is 0 Å². The molecular weight excluding hydrogens is 328 g/mol. The van der Waals surface area contributed by atoms with Crippen LogP contribution in [0, 0.1) is 47.3 Å². The minimum Gasteiger partial charge on any atom is -0.0706 e. The fourth-order valence-corrected chi connectivity index (χ4v) is 14.3. The van der Waals surface area contributed by atoms with Gasteiger partial charge in [-0.3, -0.25) is 0 Å². The van der Waals surface area contributed by atoms with E-state index in [0.717, 1.165) is 0 Å². The Bertz CT molecular complexity index is 482. The van der Waals surface area contributed by atoms with E-state index in [0.29, 0.717) is 0 Å². The predicted octanol–water partition coefficient (Wildman–Crippen LogP) is 7.32. The van der Waals surface area contributed by atoms with Gasteiger partial charge in [-0.25, -0.2) is 0 Å². The van der Waals surface area contributed by atoms with Gasteiger partial charge >= 0.3 is 0 Å². The molecule has 0 nitrogen and oxygen atoms in total. The van der Waals surface area contributed by atoms with Crippen LogP contribution >= 0.6 is 0 Å². The SMILES string of the molecule is C[Si](C1CC2CCCC2C2CCCC21)C1CC2CCCC2C2CCCC21. The fraction of sp³-hybridized carbons (Fsp3) is 1.00. The molecule has 0 aromatic carbocycles. The highest BCUT2D eigenvalue weighted by molar-refractivity contribution is 6.61. The van der Waals surface area contributed by atoms with Crippen molar-refractivity contribution in [3.05, 3.63) is 0 Å². The highest BCUT2D eigenvalue weighted by atomic mass is 28.3. The van der Waals surface area contributed by atoms with Crippen LogP contribution < -0.4 is 0 Å². The second kappa shape index (κ2) is 6.63. The van der Waals surface area contributed by atoms with E-state index in [9.17, 15) is 0 Å². The molecule has 26 heavy (non-hydrogen) atoms. The first kappa shape index (κ1) is 17.1. The summed E-state index contributed by atoms with van der Waals surface area (Å²) in [5.41, 5.74) is 2.44. The van der Waals surface area contributed by atoms with Gasteiger partial charge in [0.05, 0.1) is 8.80 Å². The highest BCUT2D eigenvalue weighted by Crippen LogP contribution is 2.63. The summed E-state index contributed by atoms with van der Waals surface area (Å²) in [6.07, 6.45) is 22.7. The summed E-state index contributed by atoms with van der Waals surface area (Å²) in [7, 11) is -0.172. The Hall–Kier alpha value is 0.217. The van der Waals surface area contributed by atoms with Gasteiger partial charge in [0.1, 0.15) is 0 Å². The first-order valence-electron chi connectivity index (χ1n) is 12.6. The first-order valence-corrected chi connectivity index (χ1v) is 14.8. The lowest BCUT2D eigenvalue weighted by molar-refractivity contribution is 0.119. The van der Waals surface area contributed by atoms with E-state index in [4.69, 9.17) is 0 Å². The van der Waals surface area contributed by atoms with Gasteiger partial charge in [0.15, 0.2) is 0 Å². The third kappa shape index (κ3) is 2.50. The van der Waals surface area contributed by atoms with Gasteiger partial charge in [0.2, 0.25) is 0 Å². The fourth-order valence-electron chi connectivity index (χ4n) is 10.3. The maximum atomic E-state index is 2.87. The summed E-state index contributed by atoms with van der Waals surface area (Å²) in [6, 6.07) is 0. The summed E-state index contributed by atoms with van der Waals surface area (Å²) in [6.45, 7) is 2.87. The predicted molar refractivity (Wildman–Crippen MR) is 112 cm³/mol. The molecule has 6 fully saturated rings. The Morgan fingerprint density at radius 3 is 1.35 bits per heavy atom. The summed E-state index contributed by atoms with van der Waals surface area (Å²) >= 11 is 0. The molecule has 6 saturated carbocycles. The molecule has 0 aliphatic heterocycles. The van der Waals surface area contributed by atoms with Crippen LogP contribution in [0.5, 0.6) is 0 Å². The van der Waals surface area contributed by atoms with Crippen LogP contribution in [0.2, 0.25) is 17.6 Å². The van der Waals surface area contributed by atoms with Crippen molar-refractivity contribution < 1.29 is 0 Å². The van der Waals surface area contributed by atoms with Gasteiger partial charge in [0.25, 0.3) is 0 Å². The molecule has 0 amide bonds. The lowest BCUT2D eigenvalue weighted by atomic mass is 9.68. The Kier molecular flexibility index (Phi) is 4.36. The number of hydrogen-bond acceptors (Lipinski definition) is 0. The van der Waals surface area contributed by atoms with E-state index in [2.05, 4.69) is 6.55 Å². The van der Waals surface area contributed by atoms with Gasteiger partial charge in [-0.05, 0) is 97.0 Å². The normalized spacial score (nSPS) is 55.6. The third-order valence-electron chi connectivity index (χ3n) is 11.1. The van der Waals surface area contributed by atoms with Crippen molar-refractivity contribution in [3.63, 3.8) is 0 Å². The van der Waals surface area contributed by atoms with Crippen molar-refractivity contribution in [1.29, 1.82) is 0 Å². The molecule has 145 valence electrons. The maximum Gasteiger partial charge on any atom is 0.0518 e. The lowest BCUT2D eigenvalue weighted by Gasteiger charge is -2.50. The second-order valence-corrected chi connectivity index (χ2v) is 14.6. The molecular formula is C25H41Si. The largest absolute Gasteiger partial charge is 0.0706 e. The van der Waals surface area contributed by atoms with Crippen LogP contribution in [0.3, 0.4) is 0 Å². The number of hydrogen-bond donors (Lipinski definition) is 0. The zero-order valence-electron chi connectivity index (χ0n) is 17.2. The zero-order chi connectivity index (χ0) is 17.3. The van der Waals surface area contributed by atoms with Crippen LogP contribution in [0.1, 0.15) is 89.9 Å². The molecule has 0 saturated heterocycles. The second-order valence-electron chi connectivity index (χ2n) is 11.7. The minimum atomic E-state index is -0.172. The van der Waals surface area contributed by atoms with Gasteiger partial charge < -0.3 is 0 Å². The molecule has 0 bridgehead atoms. The van der Waals surface area contributed by atoms with Crippen LogP contribution in [0.4, 0.5) is 0 Å². The van der Waals surface area contributed by atoms with E-state index < -0.39 is 0 Å². The van der Waals surface area contributed by atoms with E-state index in [-0.39, 0.29) is 8.80 Å². The molecule has 0 spiro atoms. The molecule has 0 aromatic heterocycles. The molecule has 10 unspecified atom stereocenters. The average molecular weight is 370 g/mol. The van der Waals surface area contributed by atoms with Gasteiger partial charge in [0, 0.05) is 0 Å². The van der Waals surface area contributed by atoms with Crippen molar-refractivity contribution in [2.24, 2.45) is 47.3 Å². The maximum absolute atomic E-state index is 2.87. The smallest absolute Gasteiger partial charge is 0.0518 e.